The van der Waals surface area contributed by atoms with Crippen LogP contribution in [0.15, 0.2) is 61.4 Å². The Morgan fingerprint density at radius 1 is 0.725 bits per heavy atom. The summed E-state index contributed by atoms with van der Waals surface area (Å²) in [6.45, 7) is 13.2. The zero-order chi connectivity index (χ0) is 28.6. The first-order valence-electron chi connectivity index (χ1n) is 14.7. The van der Waals surface area contributed by atoms with Crippen molar-refractivity contribution in [3.63, 3.8) is 0 Å². The number of aliphatic hydroxyl groups excluding tert-OH is 1. The smallest absolute Gasteiger partial charge is 0.107 e. The molecule has 40 heavy (non-hydrogen) atoms. The van der Waals surface area contributed by atoms with E-state index < -0.39 is 0 Å². The Morgan fingerprint density at radius 3 is 1.82 bits per heavy atom. The van der Waals surface area contributed by atoms with E-state index in [-0.39, 0.29) is 6.61 Å². The quantitative estimate of drug-likeness (QED) is 0.246. The summed E-state index contributed by atoms with van der Waals surface area (Å²) in [5.74, 6) is 0. The van der Waals surface area contributed by atoms with Gasteiger partial charge in [-0.1, -0.05) is 51.0 Å². The third-order valence-corrected chi connectivity index (χ3v) is 7.18. The third-order valence-electron chi connectivity index (χ3n) is 7.18. The molecule has 4 aromatic heterocycles. The van der Waals surface area contributed by atoms with Gasteiger partial charge in [-0.05, 0) is 63.8 Å². The molecule has 0 radical (unpaired) electrons. The lowest BCUT2D eigenvalue weighted by Gasteiger charge is -2.27. The van der Waals surface area contributed by atoms with E-state index in [0.29, 0.717) is 6.04 Å². The van der Waals surface area contributed by atoms with E-state index in [0.717, 1.165) is 45.9 Å². The minimum atomic E-state index is 0.196. The lowest BCUT2D eigenvalue weighted by Crippen LogP contribution is -2.15. The Morgan fingerprint density at radius 2 is 1.27 bits per heavy atom. The van der Waals surface area contributed by atoms with E-state index >= 15 is 0 Å². The number of aryl methyl sites for hydroxylation is 3. The first-order valence-corrected chi connectivity index (χ1v) is 14.7. The summed E-state index contributed by atoms with van der Waals surface area (Å²) in [6, 6.07) is 13.3. The van der Waals surface area contributed by atoms with Crippen LogP contribution < -0.4 is 0 Å². The molecule has 0 aliphatic heterocycles. The fourth-order valence-electron chi connectivity index (χ4n) is 5.05. The van der Waals surface area contributed by atoms with Gasteiger partial charge in [0, 0.05) is 30.0 Å². The van der Waals surface area contributed by atoms with Crippen LogP contribution in [0.25, 0.3) is 43.9 Å². The molecule has 0 spiro atoms. The van der Waals surface area contributed by atoms with E-state index in [1.807, 2.05) is 58.8 Å². The maximum Gasteiger partial charge on any atom is 0.107 e. The molecule has 210 valence electrons. The molecule has 1 saturated carbocycles. The molecule has 1 aliphatic carbocycles. The van der Waals surface area contributed by atoms with Crippen LogP contribution in [0.1, 0.15) is 70.5 Å². The number of aromatic nitrogens is 6. The van der Waals surface area contributed by atoms with Crippen molar-refractivity contribution in [3.8, 4) is 0 Å². The van der Waals surface area contributed by atoms with Gasteiger partial charge < -0.3 is 14.2 Å². The molecule has 1 N–H and O–H groups in total. The molecule has 1 fully saturated rings. The topological polar surface area (TPSA) is 81.7 Å². The van der Waals surface area contributed by atoms with Crippen LogP contribution in [-0.4, -0.2) is 40.8 Å². The van der Waals surface area contributed by atoms with Gasteiger partial charge in [0.25, 0.3) is 0 Å². The highest BCUT2D eigenvalue weighted by molar-refractivity contribution is 6.03. The number of imidazole rings is 2. The molecule has 0 amide bonds. The summed E-state index contributed by atoms with van der Waals surface area (Å²) in [5, 5.41) is 11.3. The van der Waals surface area contributed by atoms with Gasteiger partial charge in [0.05, 0.1) is 47.1 Å². The highest BCUT2D eigenvalue weighted by Crippen LogP contribution is 2.35. The number of hydrogen-bond donors (Lipinski definition) is 1. The zero-order valence-corrected chi connectivity index (χ0v) is 24.7. The molecule has 7 nitrogen and oxygen atoms in total. The van der Waals surface area contributed by atoms with Crippen molar-refractivity contribution < 1.29 is 5.11 Å². The van der Waals surface area contributed by atoms with Gasteiger partial charge in [-0.2, -0.15) is 0 Å². The van der Waals surface area contributed by atoms with Crippen LogP contribution in [0.5, 0.6) is 0 Å². The Bertz CT molecular complexity index is 1700. The molecule has 6 aromatic rings. The highest BCUT2D eigenvalue weighted by atomic mass is 16.3. The van der Waals surface area contributed by atoms with Gasteiger partial charge in [0.15, 0.2) is 0 Å². The summed E-state index contributed by atoms with van der Waals surface area (Å²) in [4.78, 5) is 17.8. The van der Waals surface area contributed by atoms with Crippen molar-refractivity contribution in [1.29, 1.82) is 0 Å². The maximum atomic E-state index is 8.95. The van der Waals surface area contributed by atoms with E-state index in [1.165, 1.54) is 41.3 Å². The van der Waals surface area contributed by atoms with Gasteiger partial charge in [-0.15, -0.1) is 0 Å². The van der Waals surface area contributed by atoms with Crippen LogP contribution in [0.4, 0.5) is 0 Å². The first kappa shape index (κ1) is 29.2. The molecule has 0 bridgehead atoms. The lowest BCUT2D eigenvalue weighted by atomic mass is 9.92. The molecule has 4 heterocycles. The van der Waals surface area contributed by atoms with Crippen molar-refractivity contribution in [1.82, 2.24) is 29.1 Å². The van der Waals surface area contributed by atoms with Gasteiger partial charge in [0.1, 0.15) is 11.0 Å². The normalized spacial score (nSPS) is 12.8. The van der Waals surface area contributed by atoms with E-state index in [2.05, 4.69) is 73.2 Å². The second-order valence-electron chi connectivity index (χ2n) is 9.78. The third kappa shape index (κ3) is 5.85. The molecule has 0 unspecified atom stereocenters. The van der Waals surface area contributed by atoms with Crippen LogP contribution >= 0.6 is 0 Å². The number of fused-ring (bicyclic) bond motifs is 6. The van der Waals surface area contributed by atoms with Gasteiger partial charge in [-0.25, -0.2) is 9.97 Å². The van der Waals surface area contributed by atoms with Crippen molar-refractivity contribution in [3.05, 3.63) is 72.6 Å². The number of nitrogens with zero attached hydrogens (tertiary/aromatic N) is 6. The van der Waals surface area contributed by atoms with E-state index in [4.69, 9.17) is 5.11 Å². The summed E-state index contributed by atoms with van der Waals surface area (Å²) in [7, 11) is 0. The maximum absolute atomic E-state index is 8.95. The summed E-state index contributed by atoms with van der Waals surface area (Å²) in [5.41, 5.74) is 8.83. The molecular weight excluding hydrogens is 496 g/mol. The van der Waals surface area contributed by atoms with Crippen molar-refractivity contribution in [2.24, 2.45) is 0 Å². The Hall–Kier alpha value is -3.84. The highest BCUT2D eigenvalue weighted by Gasteiger charge is 2.22. The second kappa shape index (κ2) is 13.5. The van der Waals surface area contributed by atoms with Crippen molar-refractivity contribution in [2.45, 2.75) is 79.8 Å². The monoisotopic (exact) mass is 538 g/mol. The van der Waals surface area contributed by atoms with Gasteiger partial charge >= 0.3 is 0 Å². The van der Waals surface area contributed by atoms with Crippen LogP contribution in [0.3, 0.4) is 0 Å². The Balaban J connectivity index is 0.000000165. The lowest BCUT2D eigenvalue weighted by molar-refractivity contribution is 0.280. The average molecular weight is 539 g/mol. The molecule has 7 rings (SSSR count). The predicted molar refractivity (Wildman–Crippen MR) is 167 cm³/mol. The minimum absolute atomic E-state index is 0.196. The van der Waals surface area contributed by atoms with Crippen LogP contribution in [0.2, 0.25) is 0 Å². The van der Waals surface area contributed by atoms with Crippen molar-refractivity contribution in [2.75, 3.05) is 6.61 Å². The first-order chi connectivity index (χ1) is 19.6. The zero-order valence-electron chi connectivity index (χ0n) is 24.7. The number of aliphatic hydroxyl groups is 1. The van der Waals surface area contributed by atoms with Crippen molar-refractivity contribution >= 4 is 43.9 Å². The largest absolute Gasteiger partial charge is 0.396 e. The number of pyridine rings is 2. The molecule has 1 aliphatic rings. The van der Waals surface area contributed by atoms with E-state index in [9.17, 15) is 0 Å². The molecule has 7 heteroatoms. The fourth-order valence-corrected chi connectivity index (χ4v) is 5.05. The number of benzene rings is 2. The van der Waals surface area contributed by atoms with Gasteiger partial charge in [-0.3, -0.25) is 9.97 Å². The minimum Gasteiger partial charge on any atom is -0.396 e. The molecule has 0 atom stereocenters. The van der Waals surface area contributed by atoms with Gasteiger partial charge in [0.2, 0.25) is 0 Å². The summed E-state index contributed by atoms with van der Waals surface area (Å²) >= 11 is 0. The number of rotatable bonds is 4. The standard InChI is InChI=1S/C15H15N3.C14H15N3O.2C2H6/c1-10-5-6-13-12(7-10)15-14(8-16-13)17-9-18(15)11-3-2-4-11;1-10-3-4-12-11(7-10)14-13(8-15-12)16-9-17(14)5-2-6-18;2*1-2/h5-9,11H,2-4H2,1H3;3-4,7-9,18H,2,5-6H2,1H3;2*1-2H3. The summed E-state index contributed by atoms with van der Waals surface area (Å²) < 4.78 is 4.44. The second-order valence-corrected chi connectivity index (χ2v) is 9.78. The Labute approximate surface area is 236 Å². The molecule has 2 aromatic carbocycles. The summed E-state index contributed by atoms with van der Waals surface area (Å²) in [6.07, 6.45) is 12.1. The number of hydrogen-bond acceptors (Lipinski definition) is 5. The van der Waals surface area contributed by atoms with Crippen LogP contribution in [0, 0.1) is 13.8 Å². The molecule has 0 saturated heterocycles. The van der Waals surface area contributed by atoms with E-state index in [1.54, 1.807) is 0 Å². The average Bonchev–Trinajstić information content (AvgIpc) is 3.58. The fraction of sp³-hybridized carbons (Fsp3) is 0.394. The van der Waals surface area contributed by atoms with Crippen LogP contribution in [-0.2, 0) is 6.54 Å². The SMILES string of the molecule is CC.CC.Cc1ccc2ncc3ncn(C4CCC4)c3c2c1.Cc1ccc2ncc3ncn(CCCO)c3c2c1. The Kier molecular flexibility index (Phi) is 9.83. The molecular formula is C33H42N6O. The predicted octanol–water partition coefficient (Wildman–Crippen LogP) is 7.95.